The second-order valence-corrected chi connectivity index (χ2v) is 4.92. The maximum atomic E-state index is 11.8. The zero-order chi connectivity index (χ0) is 10.7. The van der Waals surface area contributed by atoms with Gasteiger partial charge in [-0.2, -0.15) is 0 Å². The Bertz CT molecular complexity index is 350. The summed E-state index contributed by atoms with van der Waals surface area (Å²) in [6, 6.07) is 7.90. The van der Waals surface area contributed by atoms with Gasteiger partial charge < -0.3 is 10.6 Å². The van der Waals surface area contributed by atoms with Crippen molar-refractivity contribution in [3.63, 3.8) is 0 Å². The highest BCUT2D eigenvalue weighted by Crippen LogP contribution is 2.07. The summed E-state index contributed by atoms with van der Waals surface area (Å²) in [4.78, 5) is 11.8. The molecule has 1 aliphatic rings. The van der Waals surface area contributed by atoms with Crippen molar-refractivity contribution in [3.05, 3.63) is 33.4 Å². The predicted octanol–water partition coefficient (Wildman–Crippen LogP) is 1.80. The fourth-order valence-corrected chi connectivity index (χ4v) is 2.01. The van der Waals surface area contributed by atoms with Crippen molar-refractivity contribution in [1.29, 1.82) is 0 Å². The molecule has 3 nitrogen and oxygen atoms in total. The van der Waals surface area contributed by atoms with Gasteiger partial charge in [0.25, 0.3) is 5.91 Å². The number of hydrogen-bond donors (Lipinski definition) is 2. The normalized spacial score (nSPS) is 18.9. The van der Waals surface area contributed by atoms with Crippen LogP contribution >= 0.6 is 35.0 Å². The van der Waals surface area contributed by atoms with Crippen LogP contribution in [0.2, 0.25) is 0 Å². The largest absolute Gasteiger partial charge is 0.348 e. The second kappa shape index (κ2) is 6.42. The van der Waals surface area contributed by atoms with Gasteiger partial charge in [0.1, 0.15) is 0 Å². The predicted molar refractivity (Wildman–Crippen MR) is 75.1 cm³/mol. The Hall–Kier alpha value is -0.330. The van der Waals surface area contributed by atoms with Gasteiger partial charge in [-0.15, -0.1) is 12.4 Å². The van der Waals surface area contributed by atoms with Crippen LogP contribution in [0.4, 0.5) is 0 Å². The maximum Gasteiger partial charge on any atom is 0.251 e. The number of carbonyl (C=O) groups excluding carboxylic acids is 1. The summed E-state index contributed by atoms with van der Waals surface area (Å²) in [5.41, 5.74) is 0.738. The average molecular weight is 353 g/mol. The molecule has 5 heteroatoms. The number of rotatable bonds is 2. The van der Waals surface area contributed by atoms with E-state index in [9.17, 15) is 4.79 Å². The van der Waals surface area contributed by atoms with Crippen LogP contribution in [0.15, 0.2) is 24.3 Å². The Kier molecular flexibility index (Phi) is 5.51. The molecule has 1 unspecified atom stereocenters. The number of halogens is 2. The van der Waals surface area contributed by atoms with E-state index in [1.807, 2.05) is 24.3 Å². The van der Waals surface area contributed by atoms with E-state index in [1.165, 1.54) is 0 Å². The van der Waals surface area contributed by atoms with Gasteiger partial charge in [-0.25, -0.2) is 0 Å². The van der Waals surface area contributed by atoms with Crippen LogP contribution in [-0.4, -0.2) is 25.0 Å². The van der Waals surface area contributed by atoms with Crippen molar-refractivity contribution in [3.8, 4) is 0 Å². The van der Waals surface area contributed by atoms with E-state index in [0.29, 0.717) is 0 Å². The molecule has 1 heterocycles. The molecule has 1 aromatic carbocycles. The Morgan fingerprint density at radius 3 is 2.62 bits per heavy atom. The van der Waals surface area contributed by atoms with Crippen molar-refractivity contribution in [2.24, 2.45) is 0 Å². The lowest BCUT2D eigenvalue weighted by Crippen LogP contribution is -2.36. The van der Waals surface area contributed by atoms with E-state index >= 15 is 0 Å². The Balaban J connectivity index is 0.00000128. The fraction of sp³-hybridized carbons (Fsp3) is 0.364. The van der Waals surface area contributed by atoms with Crippen LogP contribution in [0.25, 0.3) is 0 Å². The lowest BCUT2D eigenvalue weighted by molar-refractivity contribution is 0.0940. The highest BCUT2D eigenvalue weighted by Gasteiger charge is 2.17. The standard InChI is InChI=1S/C11H13IN2O.ClH/c12-9-3-1-8(2-4-9)11(15)14-10-5-6-13-7-10;/h1-4,10,13H,5-7H2,(H,14,15);1H. The van der Waals surface area contributed by atoms with E-state index in [2.05, 4.69) is 33.2 Å². The van der Waals surface area contributed by atoms with Gasteiger partial charge in [0.15, 0.2) is 0 Å². The highest BCUT2D eigenvalue weighted by atomic mass is 127. The topological polar surface area (TPSA) is 41.1 Å². The van der Waals surface area contributed by atoms with E-state index in [-0.39, 0.29) is 24.4 Å². The maximum absolute atomic E-state index is 11.8. The summed E-state index contributed by atoms with van der Waals surface area (Å²) < 4.78 is 1.15. The molecule has 88 valence electrons. The quantitative estimate of drug-likeness (QED) is 0.797. The first-order valence-corrected chi connectivity index (χ1v) is 6.11. The molecule has 1 fully saturated rings. The zero-order valence-electron chi connectivity index (χ0n) is 8.70. The first kappa shape index (κ1) is 13.7. The van der Waals surface area contributed by atoms with Gasteiger partial charge >= 0.3 is 0 Å². The summed E-state index contributed by atoms with van der Waals surface area (Å²) in [6.07, 6.45) is 1.02. The van der Waals surface area contributed by atoms with Crippen molar-refractivity contribution < 1.29 is 4.79 Å². The molecule has 2 N–H and O–H groups in total. The first-order chi connectivity index (χ1) is 7.25. The van der Waals surface area contributed by atoms with Crippen molar-refractivity contribution >= 4 is 40.9 Å². The summed E-state index contributed by atoms with van der Waals surface area (Å²) in [6.45, 7) is 1.88. The minimum Gasteiger partial charge on any atom is -0.348 e. The van der Waals surface area contributed by atoms with Gasteiger partial charge in [-0.1, -0.05) is 0 Å². The van der Waals surface area contributed by atoms with Crippen LogP contribution in [0.3, 0.4) is 0 Å². The van der Waals surface area contributed by atoms with E-state index < -0.39 is 0 Å². The van der Waals surface area contributed by atoms with E-state index in [4.69, 9.17) is 0 Å². The van der Waals surface area contributed by atoms with Gasteiger partial charge in [0.2, 0.25) is 0 Å². The molecule has 1 atom stereocenters. The minimum atomic E-state index is 0. The van der Waals surface area contributed by atoms with Crippen LogP contribution in [-0.2, 0) is 0 Å². The van der Waals surface area contributed by atoms with Crippen LogP contribution in [0.5, 0.6) is 0 Å². The molecule has 1 saturated heterocycles. The molecule has 0 aliphatic carbocycles. The lowest BCUT2D eigenvalue weighted by Gasteiger charge is -2.10. The molecule has 2 rings (SSSR count). The molecule has 16 heavy (non-hydrogen) atoms. The molecule has 0 saturated carbocycles. The third kappa shape index (κ3) is 3.61. The smallest absolute Gasteiger partial charge is 0.251 e. The van der Waals surface area contributed by atoms with E-state index in [1.54, 1.807) is 0 Å². The number of amides is 1. The molecular weight excluding hydrogens is 338 g/mol. The molecule has 0 bridgehead atoms. The number of carbonyl (C=O) groups is 1. The third-order valence-corrected chi connectivity index (χ3v) is 3.22. The summed E-state index contributed by atoms with van der Waals surface area (Å²) in [7, 11) is 0. The first-order valence-electron chi connectivity index (χ1n) is 5.03. The monoisotopic (exact) mass is 352 g/mol. The SMILES string of the molecule is Cl.O=C(NC1CCNC1)c1ccc(I)cc1. The second-order valence-electron chi connectivity index (χ2n) is 3.67. The lowest BCUT2D eigenvalue weighted by atomic mass is 10.2. The van der Waals surface area contributed by atoms with Crippen LogP contribution in [0.1, 0.15) is 16.8 Å². The average Bonchev–Trinajstić information content (AvgIpc) is 2.71. The van der Waals surface area contributed by atoms with Gasteiger partial charge in [-0.05, 0) is 59.8 Å². The highest BCUT2D eigenvalue weighted by molar-refractivity contribution is 14.1. The molecular formula is C11H14ClIN2O. The van der Waals surface area contributed by atoms with E-state index in [0.717, 1.165) is 28.6 Å². The minimum absolute atomic E-state index is 0. The Morgan fingerprint density at radius 1 is 1.38 bits per heavy atom. The van der Waals surface area contributed by atoms with Crippen molar-refractivity contribution in [2.75, 3.05) is 13.1 Å². The van der Waals surface area contributed by atoms with Gasteiger partial charge in [-0.3, -0.25) is 4.79 Å². The van der Waals surface area contributed by atoms with Crippen molar-refractivity contribution in [2.45, 2.75) is 12.5 Å². The van der Waals surface area contributed by atoms with Crippen LogP contribution in [0, 0.1) is 3.57 Å². The van der Waals surface area contributed by atoms with Crippen LogP contribution < -0.4 is 10.6 Å². The number of nitrogens with one attached hydrogen (secondary N) is 2. The number of hydrogen-bond acceptors (Lipinski definition) is 2. The zero-order valence-corrected chi connectivity index (χ0v) is 11.7. The summed E-state index contributed by atoms with van der Waals surface area (Å²) >= 11 is 2.23. The summed E-state index contributed by atoms with van der Waals surface area (Å²) in [5, 5.41) is 6.23. The molecule has 1 aromatic rings. The molecule has 1 aliphatic heterocycles. The Labute approximate surface area is 115 Å². The molecule has 0 radical (unpaired) electrons. The van der Waals surface area contributed by atoms with Gasteiger partial charge in [0, 0.05) is 21.7 Å². The van der Waals surface area contributed by atoms with Gasteiger partial charge in [0.05, 0.1) is 0 Å². The summed E-state index contributed by atoms with van der Waals surface area (Å²) in [5.74, 6) is 0.0279. The molecule has 1 amide bonds. The fourth-order valence-electron chi connectivity index (χ4n) is 1.65. The van der Waals surface area contributed by atoms with Crippen molar-refractivity contribution in [1.82, 2.24) is 10.6 Å². The third-order valence-electron chi connectivity index (χ3n) is 2.50. The Morgan fingerprint density at radius 2 is 2.06 bits per heavy atom. The molecule has 0 aromatic heterocycles. The molecule has 0 spiro atoms. The number of benzene rings is 1.